The lowest BCUT2D eigenvalue weighted by Gasteiger charge is -2.28. The standard InChI is InChI=1S/C21H23N5O6/c1-5-31-20(27)17-12(3)22-13(4)18(21(28)32-6-2)19(17)14-11-25(24-23-14)15-9-7-8-10-16(15)26(29)30/h7-11,19,22H,5-6H2,1-4H3. The van der Waals surface area contributed by atoms with Crippen LogP contribution in [-0.4, -0.2) is 45.1 Å². The number of para-hydroxylation sites is 2. The van der Waals surface area contributed by atoms with Crippen LogP contribution in [0.5, 0.6) is 0 Å². The maximum atomic E-state index is 12.8. The molecule has 11 nitrogen and oxygen atoms in total. The molecule has 2 aromatic rings. The Morgan fingerprint density at radius 2 is 1.66 bits per heavy atom. The molecular weight excluding hydrogens is 418 g/mol. The zero-order valence-electron chi connectivity index (χ0n) is 18.1. The molecule has 11 heteroatoms. The number of carbonyl (C=O) groups excluding carboxylic acids is 2. The summed E-state index contributed by atoms with van der Waals surface area (Å²) in [5.74, 6) is -2.15. The summed E-state index contributed by atoms with van der Waals surface area (Å²) in [7, 11) is 0. The van der Waals surface area contributed by atoms with E-state index >= 15 is 0 Å². The predicted molar refractivity (Wildman–Crippen MR) is 113 cm³/mol. The number of ether oxygens (including phenoxy) is 2. The first-order valence-electron chi connectivity index (χ1n) is 9.98. The van der Waals surface area contributed by atoms with Gasteiger partial charge in [-0.1, -0.05) is 17.3 Å². The van der Waals surface area contributed by atoms with Crippen molar-refractivity contribution in [3.05, 3.63) is 68.8 Å². The van der Waals surface area contributed by atoms with Crippen LogP contribution in [0.1, 0.15) is 39.3 Å². The number of hydrogen-bond donors (Lipinski definition) is 1. The van der Waals surface area contributed by atoms with Crippen molar-refractivity contribution in [3.63, 3.8) is 0 Å². The maximum Gasteiger partial charge on any atom is 0.336 e. The summed E-state index contributed by atoms with van der Waals surface area (Å²) >= 11 is 0. The van der Waals surface area contributed by atoms with E-state index < -0.39 is 22.8 Å². The van der Waals surface area contributed by atoms with Gasteiger partial charge in [-0.25, -0.2) is 14.3 Å². The molecule has 168 valence electrons. The number of nitrogens with one attached hydrogen (secondary N) is 1. The molecule has 1 aliphatic heterocycles. The van der Waals surface area contributed by atoms with E-state index in [9.17, 15) is 19.7 Å². The molecule has 1 aromatic carbocycles. The Morgan fingerprint density at radius 3 is 2.19 bits per heavy atom. The summed E-state index contributed by atoms with van der Waals surface area (Å²) in [6.07, 6.45) is 1.46. The van der Waals surface area contributed by atoms with E-state index in [-0.39, 0.29) is 41.4 Å². The fourth-order valence-electron chi connectivity index (χ4n) is 3.59. The minimum Gasteiger partial charge on any atom is -0.463 e. The fraction of sp³-hybridized carbons (Fsp3) is 0.333. The normalized spacial score (nSPS) is 14.2. The molecule has 0 fully saturated rings. The second kappa shape index (κ2) is 9.41. The number of esters is 2. The van der Waals surface area contributed by atoms with Crippen LogP contribution in [0, 0.1) is 10.1 Å². The molecule has 0 radical (unpaired) electrons. The fourth-order valence-corrected chi connectivity index (χ4v) is 3.59. The lowest BCUT2D eigenvalue weighted by Crippen LogP contribution is -2.32. The van der Waals surface area contributed by atoms with E-state index in [2.05, 4.69) is 15.6 Å². The Morgan fingerprint density at radius 1 is 1.09 bits per heavy atom. The Bertz CT molecular complexity index is 1090. The maximum absolute atomic E-state index is 12.8. The minimum absolute atomic E-state index is 0.142. The lowest BCUT2D eigenvalue weighted by molar-refractivity contribution is -0.384. The number of benzene rings is 1. The average molecular weight is 441 g/mol. The molecule has 0 atom stereocenters. The van der Waals surface area contributed by atoms with E-state index in [4.69, 9.17) is 9.47 Å². The number of nitro benzene ring substituents is 1. The smallest absolute Gasteiger partial charge is 0.336 e. The van der Waals surface area contributed by atoms with Gasteiger partial charge in [-0.15, -0.1) is 5.10 Å². The van der Waals surface area contributed by atoms with Gasteiger partial charge in [-0.3, -0.25) is 10.1 Å². The topological polar surface area (TPSA) is 138 Å². The number of aromatic nitrogens is 3. The summed E-state index contributed by atoms with van der Waals surface area (Å²) < 4.78 is 11.7. The van der Waals surface area contributed by atoms with Crippen LogP contribution in [-0.2, 0) is 19.1 Å². The van der Waals surface area contributed by atoms with Gasteiger partial charge in [-0.05, 0) is 33.8 Å². The van der Waals surface area contributed by atoms with Crippen LogP contribution < -0.4 is 5.32 Å². The number of rotatable bonds is 7. The first-order chi connectivity index (χ1) is 15.3. The van der Waals surface area contributed by atoms with Gasteiger partial charge < -0.3 is 14.8 Å². The average Bonchev–Trinajstić information content (AvgIpc) is 3.23. The third-order valence-electron chi connectivity index (χ3n) is 4.88. The summed E-state index contributed by atoms with van der Waals surface area (Å²) in [6.45, 7) is 7.02. The van der Waals surface area contributed by atoms with Crippen molar-refractivity contribution in [1.82, 2.24) is 20.3 Å². The minimum atomic E-state index is -0.925. The van der Waals surface area contributed by atoms with Crippen molar-refractivity contribution in [2.45, 2.75) is 33.6 Å². The number of carbonyl (C=O) groups is 2. The molecule has 2 heterocycles. The predicted octanol–water partition coefficient (Wildman–Crippen LogP) is 2.54. The van der Waals surface area contributed by atoms with E-state index in [0.29, 0.717) is 11.4 Å². The van der Waals surface area contributed by atoms with E-state index in [1.54, 1.807) is 39.8 Å². The molecule has 1 aromatic heterocycles. The molecule has 0 bridgehead atoms. The highest BCUT2D eigenvalue weighted by Crippen LogP contribution is 2.38. The van der Waals surface area contributed by atoms with Gasteiger partial charge in [0.1, 0.15) is 5.69 Å². The number of hydrogen-bond acceptors (Lipinski definition) is 9. The van der Waals surface area contributed by atoms with Crippen LogP contribution >= 0.6 is 0 Å². The molecule has 0 aliphatic carbocycles. The Balaban J connectivity index is 2.16. The van der Waals surface area contributed by atoms with Crippen LogP contribution in [0.3, 0.4) is 0 Å². The van der Waals surface area contributed by atoms with Crippen molar-refractivity contribution < 1.29 is 24.0 Å². The quantitative estimate of drug-likeness (QED) is 0.390. The molecule has 0 saturated carbocycles. The van der Waals surface area contributed by atoms with Gasteiger partial charge in [-0.2, -0.15) is 0 Å². The monoisotopic (exact) mass is 441 g/mol. The Hall–Kier alpha value is -4.02. The molecule has 1 N–H and O–H groups in total. The third kappa shape index (κ3) is 4.22. The summed E-state index contributed by atoms with van der Waals surface area (Å²) in [4.78, 5) is 36.5. The van der Waals surface area contributed by atoms with Gasteiger partial charge >= 0.3 is 11.9 Å². The van der Waals surface area contributed by atoms with Crippen molar-refractivity contribution in [2.24, 2.45) is 0 Å². The van der Waals surface area contributed by atoms with Crippen LogP contribution in [0.25, 0.3) is 5.69 Å². The molecule has 0 unspecified atom stereocenters. The summed E-state index contributed by atoms with van der Waals surface area (Å²) in [6, 6.07) is 6.06. The summed E-state index contributed by atoms with van der Waals surface area (Å²) in [5, 5.41) is 22.6. The van der Waals surface area contributed by atoms with Gasteiger partial charge in [0.2, 0.25) is 0 Å². The zero-order chi connectivity index (χ0) is 23.4. The van der Waals surface area contributed by atoms with Crippen molar-refractivity contribution in [3.8, 4) is 5.69 Å². The molecule has 0 spiro atoms. The highest BCUT2D eigenvalue weighted by molar-refractivity contribution is 5.99. The number of allylic oxidation sites excluding steroid dienone is 2. The van der Waals surface area contributed by atoms with Crippen LogP contribution in [0.15, 0.2) is 53.0 Å². The van der Waals surface area contributed by atoms with Crippen LogP contribution in [0.4, 0.5) is 5.69 Å². The largest absolute Gasteiger partial charge is 0.463 e. The molecule has 1 aliphatic rings. The van der Waals surface area contributed by atoms with Gasteiger partial charge in [0.25, 0.3) is 5.69 Å². The molecular formula is C21H23N5O6. The SMILES string of the molecule is CCOC(=O)C1=C(C)NC(C)=C(C(=O)OCC)C1c1cn(-c2ccccc2[N+](=O)[O-])nn1. The zero-order valence-corrected chi connectivity index (χ0v) is 18.1. The van der Waals surface area contributed by atoms with E-state index in [1.807, 2.05) is 0 Å². The Kier molecular flexibility index (Phi) is 6.67. The number of nitrogens with zero attached hydrogens (tertiary/aromatic N) is 4. The van der Waals surface area contributed by atoms with Gasteiger partial charge in [0.05, 0.1) is 47.1 Å². The van der Waals surface area contributed by atoms with Crippen molar-refractivity contribution in [1.29, 1.82) is 0 Å². The molecule has 0 saturated heterocycles. The van der Waals surface area contributed by atoms with Crippen LogP contribution in [0.2, 0.25) is 0 Å². The summed E-state index contributed by atoms with van der Waals surface area (Å²) in [5.41, 5.74) is 1.66. The first-order valence-corrected chi connectivity index (χ1v) is 9.98. The molecule has 0 amide bonds. The van der Waals surface area contributed by atoms with Crippen molar-refractivity contribution >= 4 is 17.6 Å². The van der Waals surface area contributed by atoms with Crippen molar-refractivity contribution in [2.75, 3.05) is 13.2 Å². The second-order valence-electron chi connectivity index (χ2n) is 6.91. The van der Waals surface area contributed by atoms with E-state index in [0.717, 1.165) is 0 Å². The molecule has 32 heavy (non-hydrogen) atoms. The first kappa shape index (κ1) is 22.7. The Labute approximate surface area is 183 Å². The van der Waals surface area contributed by atoms with Gasteiger partial charge in [0.15, 0.2) is 0 Å². The third-order valence-corrected chi connectivity index (χ3v) is 4.88. The molecule has 3 rings (SSSR count). The second-order valence-corrected chi connectivity index (χ2v) is 6.91. The highest BCUT2D eigenvalue weighted by atomic mass is 16.6. The number of dihydropyridines is 1. The number of nitro groups is 1. The van der Waals surface area contributed by atoms with E-state index in [1.165, 1.54) is 23.0 Å². The van der Waals surface area contributed by atoms with Gasteiger partial charge in [0, 0.05) is 17.5 Å². The highest BCUT2D eigenvalue weighted by Gasteiger charge is 2.39. The lowest BCUT2D eigenvalue weighted by atomic mass is 9.83.